The Kier molecular flexibility index (Phi) is 8.84. The smallest absolute Gasteiger partial charge is 0.306 e. The quantitative estimate of drug-likeness (QED) is 0.372. The van der Waals surface area contributed by atoms with E-state index >= 15 is 0 Å². The van der Waals surface area contributed by atoms with Crippen LogP contribution in [0.4, 0.5) is 0 Å². The Balaban J connectivity index is 3.37. The van der Waals surface area contributed by atoms with Gasteiger partial charge in [0, 0.05) is 11.5 Å². The molecule has 0 aromatic carbocycles. The lowest BCUT2D eigenvalue weighted by Gasteiger charge is -1.99. The van der Waals surface area contributed by atoms with Crippen molar-refractivity contribution >= 4 is 17.7 Å². The summed E-state index contributed by atoms with van der Waals surface area (Å²) < 4.78 is 4.55. The second-order valence-electron chi connectivity index (χ2n) is 3.20. The molecule has 82 valence electrons. The van der Waals surface area contributed by atoms with Gasteiger partial charge in [-0.3, -0.25) is 4.79 Å². The largest absolute Gasteiger partial charge is 0.469 e. The van der Waals surface area contributed by atoms with Gasteiger partial charge in [0.1, 0.15) is 0 Å². The summed E-state index contributed by atoms with van der Waals surface area (Å²) in [6.45, 7) is 4.34. The third-order valence-corrected chi connectivity index (χ3v) is 2.77. The second kappa shape index (κ2) is 9.13. The minimum absolute atomic E-state index is 0.119. The number of carbonyl (C=O) groups is 1. The molecule has 0 aliphatic heterocycles. The molecule has 0 saturated carbocycles. The van der Waals surface area contributed by atoms with Crippen molar-refractivity contribution < 1.29 is 9.53 Å². The number of ether oxygens (including phenoxy) is 1. The van der Waals surface area contributed by atoms with Crippen LogP contribution in [0.15, 0.2) is 11.6 Å². The van der Waals surface area contributed by atoms with E-state index in [0.717, 1.165) is 11.5 Å². The van der Waals surface area contributed by atoms with Crippen molar-refractivity contribution in [1.82, 2.24) is 0 Å². The summed E-state index contributed by atoms with van der Waals surface area (Å²) in [7, 11) is 1.43. The Morgan fingerprint density at radius 3 is 2.71 bits per heavy atom. The molecule has 0 amide bonds. The molecule has 3 heteroatoms. The molecular formula is C11H20O2S. The zero-order valence-corrected chi connectivity index (χ0v) is 10.2. The van der Waals surface area contributed by atoms with Crippen LogP contribution >= 0.6 is 11.8 Å². The van der Waals surface area contributed by atoms with Gasteiger partial charge in [-0.25, -0.2) is 0 Å². The van der Waals surface area contributed by atoms with Crippen molar-refractivity contribution in [3.05, 3.63) is 11.6 Å². The van der Waals surface area contributed by atoms with Crippen molar-refractivity contribution in [2.24, 2.45) is 0 Å². The van der Waals surface area contributed by atoms with E-state index in [1.54, 1.807) is 11.8 Å². The minimum atomic E-state index is -0.119. The molecule has 0 aromatic heterocycles. The van der Waals surface area contributed by atoms with Gasteiger partial charge in [-0.1, -0.05) is 25.0 Å². The molecule has 0 N–H and O–H groups in total. The Hall–Kier alpha value is -0.440. The van der Waals surface area contributed by atoms with Crippen LogP contribution in [-0.4, -0.2) is 24.6 Å². The molecular weight excluding hydrogens is 196 g/mol. The average Bonchev–Trinajstić information content (AvgIpc) is 2.17. The van der Waals surface area contributed by atoms with E-state index in [-0.39, 0.29) is 5.97 Å². The molecule has 0 radical (unpaired) electrons. The summed E-state index contributed by atoms with van der Waals surface area (Å²) in [6.07, 6.45) is 5.14. The number of esters is 1. The average molecular weight is 216 g/mol. The summed E-state index contributed by atoms with van der Waals surface area (Å²) in [5.41, 5.74) is 1.44. The summed E-state index contributed by atoms with van der Waals surface area (Å²) in [5, 5.41) is 0. The molecule has 0 atom stereocenters. The summed E-state index contributed by atoms with van der Waals surface area (Å²) in [6, 6.07) is 0. The van der Waals surface area contributed by atoms with Crippen molar-refractivity contribution in [3.63, 3.8) is 0 Å². The Labute approximate surface area is 91.1 Å². The van der Waals surface area contributed by atoms with Crippen molar-refractivity contribution in [3.8, 4) is 0 Å². The Morgan fingerprint density at radius 1 is 1.43 bits per heavy atom. The molecule has 0 unspecified atom stereocenters. The first-order chi connectivity index (χ1) is 6.70. The SMILES string of the molecule is CCC/C(C)=C/CSCCC(=O)OC. The third kappa shape index (κ3) is 8.17. The lowest BCUT2D eigenvalue weighted by Crippen LogP contribution is -2.01. The number of methoxy groups -OCH3 is 1. The molecule has 0 heterocycles. The van der Waals surface area contributed by atoms with Gasteiger partial charge in [-0.15, -0.1) is 0 Å². The zero-order valence-electron chi connectivity index (χ0n) is 9.34. The van der Waals surface area contributed by atoms with E-state index in [9.17, 15) is 4.79 Å². The van der Waals surface area contributed by atoms with E-state index in [1.807, 2.05) is 0 Å². The Bertz CT molecular complexity index is 188. The van der Waals surface area contributed by atoms with Crippen LogP contribution in [-0.2, 0) is 9.53 Å². The van der Waals surface area contributed by atoms with E-state index in [2.05, 4.69) is 24.7 Å². The minimum Gasteiger partial charge on any atom is -0.469 e. The van der Waals surface area contributed by atoms with Gasteiger partial charge in [0.05, 0.1) is 13.5 Å². The van der Waals surface area contributed by atoms with Crippen LogP contribution in [0.3, 0.4) is 0 Å². The lowest BCUT2D eigenvalue weighted by molar-refractivity contribution is -0.140. The highest BCUT2D eigenvalue weighted by Gasteiger charge is 1.98. The maximum Gasteiger partial charge on any atom is 0.306 e. The van der Waals surface area contributed by atoms with Crippen molar-refractivity contribution in [1.29, 1.82) is 0 Å². The molecule has 0 aromatic rings. The van der Waals surface area contributed by atoms with Crippen LogP contribution < -0.4 is 0 Å². The molecule has 0 bridgehead atoms. The number of hydrogen-bond donors (Lipinski definition) is 0. The molecule has 14 heavy (non-hydrogen) atoms. The fourth-order valence-electron chi connectivity index (χ4n) is 1.04. The normalized spacial score (nSPS) is 11.5. The first-order valence-corrected chi connectivity index (χ1v) is 6.16. The second-order valence-corrected chi connectivity index (χ2v) is 4.35. The molecule has 0 spiro atoms. The molecule has 0 rings (SSSR count). The first-order valence-electron chi connectivity index (χ1n) is 5.00. The summed E-state index contributed by atoms with van der Waals surface area (Å²) >= 11 is 1.77. The fraction of sp³-hybridized carbons (Fsp3) is 0.727. The molecule has 0 aliphatic rings. The number of rotatable bonds is 7. The van der Waals surface area contributed by atoms with E-state index in [4.69, 9.17) is 0 Å². The van der Waals surface area contributed by atoms with Gasteiger partial charge in [0.15, 0.2) is 0 Å². The van der Waals surface area contributed by atoms with Gasteiger partial charge < -0.3 is 4.74 Å². The van der Waals surface area contributed by atoms with Gasteiger partial charge in [-0.05, 0) is 13.3 Å². The van der Waals surface area contributed by atoms with Gasteiger partial charge >= 0.3 is 5.97 Å². The van der Waals surface area contributed by atoms with Crippen LogP contribution in [0.25, 0.3) is 0 Å². The fourth-order valence-corrected chi connectivity index (χ4v) is 1.92. The zero-order chi connectivity index (χ0) is 10.8. The molecule has 0 fully saturated rings. The molecule has 0 aliphatic carbocycles. The highest BCUT2D eigenvalue weighted by atomic mass is 32.2. The number of carbonyl (C=O) groups excluding carboxylic acids is 1. The Morgan fingerprint density at radius 2 is 2.14 bits per heavy atom. The molecule has 0 saturated heterocycles. The predicted molar refractivity (Wildman–Crippen MR) is 62.6 cm³/mol. The van der Waals surface area contributed by atoms with Crippen LogP contribution in [0.5, 0.6) is 0 Å². The van der Waals surface area contributed by atoms with Gasteiger partial charge in [0.2, 0.25) is 0 Å². The van der Waals surface area contributed by atoms with Crippen molar-refractivity contribution in [2.75, 3.05) is 18.6 Å². The van der Waals surface area contributed by atoms with Crippen LogP contribution in [0.2, 0.25) is 0 Å². The highest BCUT2D eigenvalue weighted by molar-refractivity contribution is 7.99. The van der Waals surface area contributed by atoms with Crippen LogP contribution in [0, 0.1) is 0 Å². The van der Waals surface area contributed by atoms with Crippen LogP contribution in [0.1, 0.15) is 33.1 Å². The topological polar surface area (TPSA) is 26.3 Å². The number of thioether (sulfide) groups is 1. The highest BCUT2D eigenvalue weighted by Crippen LogP contribution is 2.08. The monoisotopic (exact) mass is 216 g/mol. The maximum absolute atomic E-state index is 10.8. The van der Waals surface area contributed by atoms with E-state index < -0.39 is 0 Å². The summed E-state index contributed by atoms with van der Waals surface area (Å²) in [4.78, 5) is 10.8. The standard InChI is InChI=1S/C11H20O2S/c1-4-5-10(2)6-8-14-9-7-11(12)13-3/h6H,4-5,7-9H2,1-3H3/b10-6+. The number of allylic oxidation sites excluding steroid dienone is 1. The maximum atomic E-state index is 10.8. The van der Waals surface area contributed by atoms with Gasteiger partial charge in [-0.2, -0.15) is 11.8 Å². The summed E-state index contributed by atoms with van der Waals surface area (Å²) in [5.74, 6) is 1.73. The molecule has 2 nitrogen and oxygen atoms in total. The first kappa shape index (κ1) is 13.6. The van der Waals surface area contributed by atoms with E-state index in [1.165, 1.54) is 25.5 Å². The van der Waals surface area contributed by atoms with E-state index in [0.29, 0.717) is 6.42 Å². The predicted octanol–water partition coefficient (Wildman–Crippen LogP) is 3.03. The van der Waals surface area contributed by atoms with Gasteiger partial charge in [0.25, 0.3) is 0 Å². The third-order valence-electron chi connectivity index (χ3n) is 1.87. The lowest BCUT2D eigenvalue weighted by atomic mass is 10.2. The van der Waals surface area contributed by atoms with Crippen molar-refractivity contribution in [2.45, 2.75) is 33.1 Å². The number of hydrogen-bond acceptors (Lipinski definition) is 3.